The second-order valence-electron chi connectivity index (χ2n) is 4.04. The van der Waals surface area contributed by atoms with E-state index in [0.717, 1.165) is 40.7 Å². The van der Waals surface area contributed by atoms with Gasteiger partial charge in [-0.25, -0.2) is 0 Å². The third kappa shape index (κ3) is 1.45. The van der Waals surface area contributed by atoms with Crippen LogP contribution in [0.5, 0.6) is 0 Å². The van der Waals surface area contributed by atoms with Crippen LogP contribution < -0.4 is 5.56 Å². The van der Waals surface area contributed by atoms with Crippen LogP contribution in [-0.4, -0.2) is 9.78 Å². The molecule has 1 heterocycles. The number of halogens is 1. The number of rotatable bonds is 1. The Morgan fingerprint density at radius 3 is 3.00 bits per heavy atom. The number of H-pyrrole nitrogens is 1. The Bertz CT molecular complexity index is 597. The van der Waals surface area contributed by atoms with E-state index in [-0.39, 0.29) is 5.56 Å². The number of hydrogen-bond acceptors (Lipinski definition) is 1. The molecule has 1 aromatic heterocycles. The van der Waals surface area contributed by atoms with Crippen LogP contribution in [0.4, 0.5) is 0 Å². The van der Waals surface area contributed by atoms with Crippen molar-refractivity contribution in [2.75, 3.05) is 0 Å². The quantitative estimate of drug-likeness (QED) is 0.855. The molecule has 0 aliphatic heterocycles. The molecule has 0 radical (unpaired) electrons. The molecule has 0 saturated carbocycles. The first-order valence-electron chi connectivity index (χ1n) is 5.34. The average molecular weight is 279 g/mol. The van der Waals surface area contributed by atoms with Gasteiger partial charge in [0.15, 0.2) is 0 Å². The molecule has 3 rings (SSSR count). The minimum Gasteiger partial charge on any atom is -0.268 e. The van der Waals surface area contributed by atoms with Gasteiger partial charge >= 0.3 is 0 Å². The van der Waals surface area contributed by atoms with Gasteiger partial charge in [-0.05, 0) is 37.5 Å². The van der Waals surface area contributed by atoms with Crippen LogP contribution in [-0.2, 0) is 12.8 Å². The van der Waals surface area contributed by atoms with E-state index in [4.69, 9.17) is 0 Å². The molecule has 0 unspecified atom stereocenters. The van der Waals surface area contributed by atoms with Crippen molar-refractivity contribution in [2.45, 2.75) is 19.3 Å². The van der Waals surface area contributed by atoms with Crippen molar-refractivity contribution in [3.63, 3.8) is 0 Å². The summed E-state index contributed by atoms with van der Waals surface area (Å²) in [4.78, 5) is 11.7. The molecule has 4 heteroatoms. The van der Waals surface area contributed by atoms with Crippen molar-refractivity contribution < 1.29 is 0 Å². The Balaban J connectivity index is 2.21. The van der Waals surface area contributed by atoms with Gasteiger partial charge in [-0.3, -0.25) is 14.6 Å². The first-order chi connectivity index (χ1) is 7.75. The van der Waals surface area contributed by atoms with Crippen LogP contribution >= 0.6 is 15.9 Å². The van der Waals surface area contributed by atoms with E-state index in [1.165, 1.54) is 0 Å². The molecule has 2 aromatic rings. The van der Waals surface area contributed by atoms with Crippen LogP contribution in [0.25, 0.3) is 5.69 Å². The van der Waals surface area contributed by atoms with Crippen LogP contribution in [0.2, 0.25) is 0 Å². The van der Waals surface area contributed by atoms with Crippen molar-refractivity contribution in [1.29, 1.82) is 0 Å². The van der Waals surface area contributed by atoms with Crippen LogP contribution in [0, 0.1) is 0 Å². The number of nitrogens with zero attached hydrogens (tertiary/aromatic N) is 1. The summed E-state index contributed by atoms with van der Waals surface area (Å²) < 4.78 is 2.93. The average Bonchev–Trinajstić information content (AvgIpc) is 2.83. The highest BCUT2D eigenvalue weighted by atomic mass is 79.9. The van der Waals surface area contributed by atoms with Crippen molar-refractivity contribution in [3.05, 3.63) is 50.3 Å². The number of aromatic amines is 1. The predicted molar refractivity (Wildman–Crippen MR) is 66.1 cm³/mol. The number of benzene rings is 1. The van der Waals surface area contributed by atoms with Crippen molar-refractivity contribution in [3.8, 4) is 5.69 Å². The lowest BCUT2D eigenvalue weighted by Gasteiger charge is -2.06. The molecule has 0 fully saturated rings. The largest absolute Gasteiger partial charge is 0.268 e. The van der Waals surface area contributed by atoms with Crippen LogP contribution in [0.1, 0.15) is 17.7 Å². The summed E-state index contributed by atoms with van der Waals surface area (Å²) in [5.74, 6) is 0. The maximum absolute atomic E-state index is 11.7. The van der Waals surface area contributed by atoms with Gasteiger partial charge in [0.25, 0.3) is 5.56 Å². The van der Waals surface area contributed by atoms with E-state index in [1.807, 2.05) is 28.9 Å². The Labute approximate surface area is 101 Å². The Kier molecular flexibility index (Phi) is 2.24. The zero-order chi connectivity index (χ0) is 11.1. The lowest BCUT2D eigenvalue weighted by atomic mass is 10.3. The Morgan fingerprint density at radius 2 is 2.19 bits per heavy atom. The fourth-order valence-electron chi connectivity index (χ4n) is 2.29. The molecule has 0 amide bonds. The molecule has 82 valence electrons. The van der Waals surface area contributed by atoms with Crippen molar-refractivity contribution in [1.82, 2.24) is 9.78 Å². The fraction of sp³-hybridized carbons (Fsp3) is 0.250. The highest BCUT2D eigenvalue weighted by Crippen LogP contribution is 2.22. The summed E-state index contributed by atoms with van der Waals surface area (Å²) in [6.45, 7) is 0. The molecule has 3 nitrogen and oxygen atoms in total. The minimum absolute atomic E-state index is 0.0625. The monoisotopic (exact) mass is 278 g/mol. The molecule has 0 saturated heterocycles. The fourth-order valence-corrected chi connectivity index (χ4v) is 2.68. The smallest absolute Gasteiger partial charge is 0.267 e. The van der Waals surface area contributed by atoms with Gasteiger partial charge in [-0.2, -0.15) is 0 Å². The molecule has 1 aromatic carbocycles. The van der Waals surface area contributed by atoms with E-state index in [2.05, 4.69) is 21.0 Å². The maximum Gasteiger partial charge on any atom is 0.267 e. The molecule has 1 N–H and O–H groups in total. The number of nitrogens with one attached hydrogen (secondary N) is 1. The Morgan fingerprint density at radius 1 is 1.31 bits per heavy atom. The zero-order valence-corrected chi connectivity index (χ0v) is 10.3. The van der Waals surface area contributed by atoms with Gasteiger partial charge in [0.2, 0.25) is 0 Å². The summed E-state index contributed by atoms with van der Waals surface area (Å²) in [5.41, 5.74) is 3.17. The third-order valence-electron chi connectivity index (χ3n) is 3.01. The first-order valence-corrected chi connectivity index (χ1v) is 6.14. The van der Waals surface area contributed by atoms with Gasteiger partial charge < -0.3 is 0 Å². The zero-order valence-electron chi connectivity index (χ0n) is 8.66. The second-order valence-corrected chi connectivity index (χ2v) is 4.95. The minimum atomic E-state index is 0.0625. The molecule has 0 bridgehead atoms. The van der Waals surface area contributed by atoms with E-state index < -0.39 is 0 Å². The van der Waals surface area contributed by atoms with Crippen LogP contribution in [0.15, 0.2) is 33.5 Å². The molecule has 1 aliphatic carbocycles. The van der Waals surface area contributed by atoms with Crippen molar-refractivity contribution in [2.24, 2.45) is 0 Å². The maximum atomic E-state index is 11.7. The topological polar surface area (TPSA) is 37.8 Å². The lowest BCUT2D eigenvalue weighted by Crippen LogP contribution is -2.07. The summed E-state index contributed by atoms with van der Waals surface area (Å²) in [5, 5.41) is 2.90. The molecule has 0 atom stereocenters. The highest BCUT2D eigenvalue weighted by molar-refractivity contribution is 9.10. The molecular formula is C12H11BrN2O. The first kappa shape index (κ1) is 9.90. The van der Waals surface area contributed by atoms with E-state index >= 15 is 0 Å². The Hall–Kier alpha value is -1.29. The van der Waals surface area contributed by atoms with Crippen molar-refractivity contribution >= 4 is 15.9 Å². The summed E-state index contributed by atoms with van der Waals surface area (Å²) >= 11 is 3.44. The standard InChI is InChI=1S/C12H11BrN2O/c13-8-3-1-4-9(7-8)15-11-6-2-5-10(11)12(16)14-15/h1,3-4,7H,2,5-6H2,(H,14,16). The lowest BCUT2D eigenvalue weighted by molar-refractivity contribution is 0.773. The summed E-state index contributed by atoms with van der Waals surface area (Å²) in [6.07, 6.45) is 2.98. The molecular weight excluding hydrogens is 268 g/mol. The van der Waals surface area contributed by atoms with E-state index in [0.29, 0.717) is 0 Å². The third-order valence-corrected chi connectivity index (χ3v) is 3.51. The molecule has 16 heavy (non-hydrogen) atoms. The van der Waals surface area contributed by atoms with Gasteiger partial charge in [0.1, 0.15) is 0 Å². The second kappa shape index (κ2) is 3.63. The SMILES string of the molecule is O=c1[nH]n(-c2cccc(Br)c2)c2c1CCC2. The number of hydrogen-bond donors (Lipinski definition) is 1. The van der Waals surface area contributed by atoms with Gasteiger partial charge in [0.05, 0.1) is 5.69 Å². The number of aromatic nitrogens is 2. The summed E-state index contributed by atoms with van der Waals surface area (Å²) in [6, 6.07) is 7.96. The molecule has 0 spiro atoms. The normalized spacial score (nSPS) is 14.1. The number of fused-ring (bicyclic) bond motifs is 1. The predicted octanol–water partition coefficient (Wildman–Crippen LogP) is 2.42. The highest BCUT2D eigenvalue weighted by Gasteiger charge is 2.20. The van der Waals surface area contributed by atoms with E-state index in [9.17, 15) is 4.79 Å². The molecule has 1 aliphatic rings. The van der Waals surface area contributed by atoms with Gasteiger partial charge in [-0.1, -0.05) is 22.0 Å². The van der Waals surface area contributed by atoms with Gasteiger partial charge in [0, 0.05) is 15.7 Å². The van der Waals surface area contributed by atoms with Crippen LogP contribution in [0.3, 0.4) is 0 Å². The summed E-state index contributed by atoms with van der Waals surface area (Å²) in [7, 11) is 0. The van der Waals surface area contributed by atoms with E-state index in [1.54, 1.807) is 0 Å². The van der Waals surface area contributed by atoms with Gasteiger partial charge in [-0.15, -0.1) is 0 Å².